The second-order valence-corrected chi connectivity index (χ2v) is 9.95. The van der Waals surface area contributed by atoms with Crippen molar-refractivity contribution in [1.29, 1.82) is 0 Å². The van der Waals surface area contributed by atoms with Gasteiger partial charge in [-0.3, -0.25) is 4.90 Å². The van der Waals surface area contributed by atoms with Gasteiger partial charge in [0, 0.05) is 31.4 Å². The fraction of sp³-hybridized carbons (Fsp3) is 0.667. The van der Waals surface area contributed by atoms with Crippen LogP contribution in [0.5, 0.6) is 5.75 Å². The molecule has 1 atom stereocenters. The van der Waals surface area contributed by atoms with Crippen LogP contribution in [0.2, 0.25) is 0 Å². The van der Waals surface area contributed by atoms with Crippen LogP contribution in [-0.2, 0) is 10.0 Å². The predicted octanol–water partition coefficient (Wildman–Crippen LogP) is 2.51. The van der Waals surface area contributed by atoms with Crippen LogP contribution in [0, 0.1) is 13.8 Å². The number of thioether (sulfide) groups is 1. The Morgan fingerprint density at radius 3 is 2.56 bits per heavy atom. The van der Waals surface area contributed by atoms with E-state index in [1.165, 1.54) is 25.0 Å². The molecule has 0 radical (unpaired) electrons. The quantitative estimate of drug-likeness (QED) is 0.798. The van der Waals surface area contributed by atoms with Gasteiger partial charge in [0.15, 0.2) is 0 Å². The van der Waals surface area contributed by atoms with E-state index in [2.05, 4.69) is 4.90 Å². The van der Waals surface area contributed by atoms with E-state index in [1.807, 2.05) is 31.7 Å². The molecular weight excluding hydrogens is 356 g/mol. The predicted molar refractivity (Wildman–Crippen MR) is 103 cm³/mol. The Hall–Kier alpha value is -0.760. The van der Waals surface area contributed by atoms with Crippen LogP contribution in [0.15, 0.2) is 17.0 Å². The molecular formula is C18H28N2O3S2. The van der Waals surface area contributed by atoms with Crippen molar-refractivity contribution >= 4 is 21.8 Å². The number of hydrogen-bond donors (Lipinski definition) is 0. The average molecular weight is 385 g/mol. The van der Waals surface area contributed by atoms with Crippen molar-refractivity contribution in [3.05, 3.63) is 23.3 Å². The molecule has 1 aromatic rings. The number of rotatable bonds is 4. The van der Waals surface area contributed by atoms with Crippen molar-refractivity contribution in [3.8, 4) is 5.75 Å². The van der Waals surface area contributed by atoms with Crippen LogP contribution < -0.4 is 4.74 Å². The largest absolute Gasteiger partial charge is 0.495 e. The highest BCUT2D eigenvalue weighted by atomic mass is 32.2. The molecule has 2 saturated heterocycles. The molecule has 3 rings (SSSR count). The molecule has 1 unspecified atom stereocenters. The molecule has 1 aromatic carbocycles. The summed E-state index contributed by atoms with van der Waals surface area (Å²) in [6.45, 7) is 6.85. The first kappa shape index (κ1) is 19.0. The van der Waals surface area contributed by atoms with Gasteiger partial charge in [-0.1, -0.05) is 0 Å². The summed E-state index contributed by atoms with van der Waals surface area (Å²) < 4.78 is 33.5. The smallest absolute Gasteiger partial charge is 0.246 e. The number of methoxy groups -OCH3 is 1. The molecule has 0 aromatic heterocycles. The fourth-order valence-electron chi connectivity index (χ4n) is 3.59. The van der Waals surface area contributed by atoms with Gasteiger partial charge in [0.1, 0.15) is 10.6 Å². The summed E-state index contributed by atoms with van der Waals surface area (Å²) in [7, 11) is -2.01. The molecule has 0 aliphatic carbocycles. The normalized spacial score (nSPS) is 23.6. The van der Waals surface area contributed by atoms with Crippen molar-refractivity contribution in [2.75, 3.05) is 44.8 Å². The highest BCUT2D eigenvalue weighted by molar-refractivity contribution is 7.99. The fourth-order valence-corrected chi connectivity index (χ4v) is 6.54. The van der Waals surface area contributed by atoms with E-state index in [0.29, 0.717) is 29.8 Å². The summed E-state index contributed by atoms with van der Waals surface area (Å²) in [6.07, 6.45) is 2.11. The number of benzene rings is 1. The van der Waals surface area contributed by atoms with Crippen LogP contribution in [0.3, 0.4) is 0 Å². The van der Waals surface area contributed by atoms with E-state index in [9.17, 15) is 8.42 Å². The van der Waals surface area contributed by atoms with E-state index in [0.717, 1.165) is 30.6 Å². The summed E-state index contributed by atoms with van der Waals surface area (Å²) in [4.78, 5) is 2.77. The molecule has 0 spiro atoms. The lowest BCUT2D eigenvalue weighted by Crippen LogP contribution is -2.39. The molecule has 7 heteroatoms. The maximum atomic E-state index is 13.2. The van der Waals surface area contributed by atoms with Crippen LogP contribution in [0.25, 0.3) is 0 Å². The summed E-state index contributed by atoms with van der Waals surface area (Å²) in [5.41, 5.74) is 2.01. The molecule has 5 nitrogen and oxygen atoms in total. The molecule has 2 aliphatic rings. The number of hydrogen-bond acceptors (Lipinski definition) is 5. The van der Waals surface area contributed by atoms with Crippen molar-refractivity contribution in [3.63, 3.8) is 0 Å². The van der Waals surface area contributed by atoms with Gasteiger partial charge < -0.3 is 4.74 Å². The van der Waals surface area contributed by atoms with Crippen molar-refractivity contribution < 1.29 is 13.2 Å². The zero-order valence-corrected chi connectivity index (χ0v) is 17.0. The highest BCUT2D eigenvalue weighted by Crippen LogP contribution is 2.31. The van der Waals surface area contributed by atoms with Crippen molar-refractivity contribution in [1.82, 2.24) is 9.21 Å². The lowest BCUT2D eigenvalue weighted by molar-refractivity contribution is 0.223. The lowest BCUT2D eigenvalue weighted by Gasteiger charge is -2.27. The molecule has 2 fully saturated rings. The van der Waals surface area contributed by atoms with Gasteiger partial charge in [0.05, 0.1) is 7.11 Å². The maximum absolute atomic E-state index is 13.2. The second kappa shape index (κ2) is 7.86. The minimum Gasteiger partial charge on any atom is -0.495 e. The SMILES string of the molecule is COc1cc(C)c(C)cc1S(=O)(=O)N1CCCN(C2CCSC2)CC1. The maximum Gasteiger partial charge on any atom is 0.246 e. The summed E-state index contributed by atoms with van der Waals surface area (Å²) in [5.74, 6) is 2.84. The van der Waals surface area contributed by atoms with Gasteiger partial charge in [0.25, 0.3) is 0 Å². The zero-order valence-electron chi connectivity index (χ0n) is 15.3. The Bertz CT molecular complexity index is 715. The van der Waals surface area contributed by atoms with E-state index in [1.54, 1.807) is 10.4 Å². The molecule has 2 aliphatic heterocycles. The molecule has 140 valence electrons. The number of aryl methyl sites for hydroxylation is 2. The monoisotopic (exact) mass is 384 g/mol. The number of ether oxygens (including phenoxy) is 1. The van der Waals surface area contributed by atoms with Gasteiger partial charge in [-0.15, -0.1) is 0 Å². The Morgan fingerprint density at radius 2 is 1.88 bits per heavy atom. The minimum atomic E-state index is -3.54. The van der Waals surface area contributed by atoms with E-state index >= 15 is 0 Å². The summed E-state index contributed by atoms with van der Waals surface area (Å²) in [6, 6.07) is 4.19. The molecule has 2 heterocycles. The van der Waals surface area contributed by atoms with Crippen molar-refractivity contribution in [2.45, 2.75) is 37.6 Å². The zero-order chi connectivity index (χ0) is 18.0. The number of nitrogens with zero attached hydrogens (tertiary/aromatic N) is 2. The van der Waals surface area contributed by atoms with Crippen LogP contribution in [-0.4, -0.2) is 68.5 Å². The highest BCUT2D eigenvalue weighted by Gasteiger charge is 2.32. The van der Waals surface area contributed by atoms with E-state index < -0.39 is 10.0 Å². The Kier molecular flexibility index (Phi) is 5.98. The van der Waals surface area contributed by atoms with Gasteiger partial charge in [-0.2, -0.15) is 16.1 Å². The van der Waals surface area contributed by atoms with E-state index in [-0.39, 0.29) is 0 Å². The topological polar surface area (TPSA) is 49.9 Å². The van der Waals surface area contributed by atoms with E-state index in [4.69, 9.17) is 4.74 Å². The van der Waals surface area contributed by atoms with Gasteiger partial charge in [0.2, 0.25) is 10.0 Å². The van der Waals surface area contributed by atoms with Gasteiger partial charge >= 0.3 is 0 Å². The summed E-state index contributed by atoms with van der Waals surface area (Å²) in [5, 5.41) is 0. The Labute approximate surface area is 155 Å². The molecule has 0 amide bonds. The first-order valence-corrected chi connectivity index (χ1v) is 11.5. The molecule has 0 N–H and O–H groups in total. The lowest BCUT2D eigenvalue weighted by atomic mass is 10.1. The third kappa shape index (κ3) is 3.99. The second-order valence-electron chi connectivity index (χ2n) is 6.90. The third-order valence-electron chi connectivity index (χ3n) is 5.31. The Morgan fingerprint density at radius 1 is 1.12 bits per heavy atom. The Balaban J connectivity index is 1.81. The standard InChI is InChI=1S/C18H28N2O3S2/c1-14-11-17(23-3)18(12-15(14)2)25(21,22)20-7-4-6-19(8-9-20)16-5-10-24-13-16/h11-12,16H,4-10,13H2,1-3H3. The first-order valence-electron chi connectivity index (χ1n) is 8.90. The van der Waals surface area contributed by atoms with Gasteiger partial charge in [-0.05, 0) is 62.2 Å². The van der Waals surface area contributed by atoms with Crippen LogP contribution in [0.4, 0.5) is 0 Å². The molecule has 0 bridgehead atoms. The van der Waals surface area contributed by atoms with Crippen molar-refractivity contribution in [2.24, 2.45) is 0 Å². The molecule has 25 heavy (non-hydrogen) atoms. The molecule has 0 saturated carbocycles. The van der Waals surface area contributed by atoms with Crippen LogP contribution >= 0.6 is 11.8 Å². The average Bonchev–Trinajstić information content (AvgIpc) is 3.00. The summed E-state index contributed by atoms with van der Waals surface area (Å²) >= 11 is 2.00. The van der Waals surface area contributed by atoms with Gasteiger partial charge in [-0.25, -0.2) is 8.42 Å². The van der Waals surface area contributed by atoms with Crippen LogP contribution in [0.1, 0.15) is 24.0 Å². The first-order chi connectivity index (χ1) is 11.9. The number of sulfonamides is 1. The minimum absolute atomic E-state index is 0.294. The third-order valence-corrected chi connectivity index (χ3v) is 8.37.